The van der Waals surface area contributed by atoms with E-state index in [1.165, 1.54) is 35.2 Å². The van der Waals surface area contributed by atoms with Crippen LogP contribution in [0.3, 0.4) is 0 Å². The number of piperidine rings is 1. The van der Waals surface area contributed by atoms with Crippen molar-refractivity contribution in [2.24, 2.45) is 0 Å². The Morgan fingerprint density at radius 1 is 1.19 bits per heavy atom. The smallest absolute Gasteiger partial charge is 0.450 e. The summed E-state index contributed by atoms with van der Waals surface area (Å²) in [5.41, 5.74) is -1.48. The SMILES string of the molecule is CC[C@@H]1CCCC[NH+]1Cc1c(O)ccc2c(=O)c(-c3ccccc3Cl)c(C(F)(F)F)oc12. The lowest BCUT2D eigenvalue weighted by molar-refractivity contribution is -0.944. The van der Waals surface area contributed by atoms with Crippen molar-refractivity contribution >= 4 is 22.6 Å². The first kappa shape index (κ1) is 22.7. The summed E-state index contributed by atoms with van der Waals surface area (Å²) in [6.45, 7) is 3.21. The van der Waals surface area contributed by atoms with E-state index in [1.54, 1.807) is 6.07 Å². The van der Waals surface area contributed by atoms with Crippen molar-refractivity contribution in [1.29, 1.82) is 0 Å². The number of rotatable bonds is 4. The minimum Gasteiger partial charge on any atom is -0.507 e. The highest BCUT2D eigenvalue weighted by Crippen LogP contribution is 2.40. The average molecular weight is 467 g/mol. The third kappa shape index (κ3) is 4.11. The molecule has 1 fully saturated rings. The van der Waals surface area contributed by atoms with E-state index in [9.17, 15) is 23.1 Å². The van der Waals surface area contributed by atoms with E-state index in [0.29, 0.717) is 6.04 Å². The van der Waals surface area contributed by atoms with E-state index in [4.69, 9.17) is 16.0 Å². The van der Waals surface area contributed by atoms with Crippen LogP contribution in [-0.2, 0) is 12.7 Å². The zero-order chi connectivity index (χ0) is 23.0. The Bertz CT molecular complexity index is 1210. The Morgan fingerprint density at radius 3 is 2.62 bits per heavy atom. The van der Waals surface area contributed by atoms with Crippen LogP contribution in [0.4, 0.5) is 13.2 Å². The van der Waals surface area contributed by atoms with Gasteiger partial charge in [0.1, 0.15) is 12.3 Å². The molecule has 2 aromatic carbocycles. The van der Waals surface area contributed by atoms with Gasteiger partial charge in [0.05, 0.1) is 29.1 Å². The lowest BCUT2D eigenvalue weighted by Gasteiger charge is -2.32. The van der Waals surface area contributed by atoms with E-state index in [-0.39, 0.29) is 39.4 Å². The number of alkyl halides is 3. The lowest BCUT2D eigenvalue weighted by atomic mass is 9.97. The summed E-state index contributed by atoms with van der Waals surface area (Å²) in [6, 6.07) is 8.87. The highest BCUT2D eigenvalue weighted by Gasteiger charge is 2.40. The maximum Gasteiger partial charge on any atom is 0.450 e. The van der Waals surface area contributed by atoms with Crippen LogP contribution >= 0.6 is 11.6 Å². The maximum atomic E-state index is 14.0. The predicted molar refractivity (Wildman–Crippen MR) is 117 cm³/mol. The Morgan fingerprint density at radius 2 is 1.94 bits per heavy atom. The number of fused-ring (bicyclic) bond motifs is 1. The molecule has 1 unspecified atom stereocenters. The number of quaternary nitrogens is 1. The third-order valence-corrected chi connectivity index (χ3v) is 6.64. The van der Waals surface area contributed by atoms with Gasteiger partial charge in [0.15, 0.2) is 5.58 Å². The molecule has 0 radical (unpaired) electrons. The molecule has 4 nitrogen and oxygen atoms in total. The van der Waals surface area contributed by atoms with Gasteiger partial charge in [0.25, 0.3) is 0 Å². The first-order chi connectivity index (χ1) is 15.2. The number of hydrogen-bond acceptors (Lipinski definition) is 3. The molecule has 2 N–H and O–H groups in total. The van der Waals surface area contributed by atoms with Gasteiger partial charge in [-0.1, -0.05) is 36.7 Å². The molecule has 0 amide bonds. The number of likely N-dealkylation sites (tertiary alicyclic amines) is 1. The molecule has 1 saturated heterocycles. The summed E-state index contributed by atoms with van der Waals surface area (Å²) >= 11 is 6.13. The molecule has 32 heavy (non-hydrogen) atoms. The van der Waals surface area contributed by atoms with Crippen molar-refractivity contribution < 1.29 is 27.6 Å². The van der Waals surface area contributed by atoms with Crippen molar-refractivity contribution in [3.8, 4) is 16.9 Å². The quantitative estimate of drug-likeness (QED) is 0.556. The van der Waals surface area contributed by atoms with Crippen molar-refractivity contribution in [1.82, 2.24) is 0 Å². The molecule has 1 aromatic heterocycles. The second kappa shape index (κ2) is 8.79. The highest BCUT2D eigenvalue weighted by atomic mass is 35.5. The van der Waals surface area contributed by atoms with Gasteiger partial charge in [-0.2, -0.15) is 13.2 Å². The average Bonchev–Trinajstić information content (AvgIpc) is 2.76. The standard InChI is InChI=1S/C24H23ClF3NO3/c1-2-14-7-5-6-12-29(14)13-17-19(30)11-10-16-21(31)20(15-8-3-4-9-18(15)25)23(24(26,27)28)32-22(16)17/h3-4,8-11,14,30H,2,5-7,12-13H2,1H3/p+1/t14-/m1/s1. The van der Waals surface area contributed by atoms with Gasteiger partial charge in [-0.25, -0.2) is 0 Å². The topological polar surface area (TPSA) is 54.9 Å². The fourth-order valence-electron chi connectivity index (χ4n) is 4.69. The number of hydrogen-bond donors (Lipinski definition) is 2. The summed E-state index contributed by atoms with van der Waals surface area (Å²) in [6.07, 6.45) is -0.862. The van der Waals surface area contributed by atoms with Crippen molar-refractivity contribution in [2.45, 2.75) is 51.4 Å². The van der Waals surface area contributed by atoms with Crippen LogP contribution in [0.1, 0.15) is 43.9 Å². The number of benzene rings is 2. The number of aromatic hydroxyl groups is 1. The van der Waals surface area contributed by atoms with Crippen molar-refractivity contribution in [3.05, 3.63) is 63.0 Å². The van der Waals surface area contributed by atoms with Crippen molar-refractivity contribution in [3.63, 3.8) is 0 Å². The normalized spacial score (nSPS) is 19.4. The first-order valence-corrected chi connectivity index (χ1v) is 11.1. The number of nitrogens with one attached hydrogen (secondary N) is 1. The van der Waals surface area contributed by atoms with Gasteiger partial charge >= 0.3 is 6.18 Å². The lowest BCUT2D eigenvalue weighted by Crippen LogP contribution is -3.15. The number of phenolic OH excluding ortho intramolecular Hbond substituents is 1. The van der Waals surface area contributed by atoms with Gasteiger partial charge in [-0.05, 0) is 43.9 Å². The van der Waals surface area contributed by atoms with E-state index < -0.39 is 22.9 Å². The number of halogens is 4. The zero-order valence-electron chi connectivity index (χ0n) is 17.6. The van der Waals surface area contributed by atoms with Crippen LogP contribution in [0.25, 0.3) is 22.1 Å². The molecule has 0 saturated carbocycles. The fraction of sp³-hybridized carbons (Fsp3) is 0.375. The Kier molecular flexibility index (Phi) is 6.23. The first-order valence-electron chi connectivity index (χ1n) is 10.7. The van der Waals surface area contributed by atoms with Gasteiger partial charge in [-0.3, -0.25) is 4.79 Å². The summed E-state index contributed by atoms with van der Waals surface area (Å²) in [5.74, 6) is -1.58. The van der Waals surface area contributed by atoms with Gasteiger partial charge in [-0.15, -0.1) is 0 Å². The maximum absolute atomic E-state index is 14.0. The molecule has 1 aliphatic rings. The van der Waals surface area contributed by atoms with E-state index in [0.717, 1.165) is 32.2 Å². The van der Waals surface area contributed by atoms with Crippen LogP contribution in [0.15, 0.2) is 45.6 Å². The Labute approximate surface area is 188 Å². The van der Waals surface area contributed by atoms with E-state index in [1.807, 2.05) is 0 Å². The molecule has 4 rings (SSSR count). The van der Waals surface area contributed by atoms with E-state index >= 15 is 0 Å². The van der Waals surface area contributed by atoms with Crippen LogP contribution in [0.5, 0.6) is 5.75 Å². The van der Waals surface area contributed by atoms with Gasteiger partial charge < -0.3 is 14.4 Å². The number of phenols is 1. The summed E-state index contributed by atoms with van der Waals surface area (Å²) < 4.78 is 47.5. The highest BCUT2D eigenvalue weighted by molar-refractivity contribution is 6.33. The Hall–Kier alpha value is -2.51. The van der Waals surface area contributed by atoms with Crippen molar-refractivity contribution in [2.75, 3.05) is 6.54 Å². The molecule has 2 atom stereocenters. The predicted octanol–water partition coefficient (Wildman–Crippen LogP) is 5.19. The molecule has 2 heterocycles. The molecule has 0 spiro atoms. The third-order valence-electron chi connectivity index (χ3n) is 6.31. The second-order valence-corrected chi connectivity index (χ2v) is 8.65. The molecule has 8 heteroatoms. The molecule has 0 bridgehead atoms. The minimum atomic E-state index is -4.92. The molecule has 1 aliphatic heterocycles. The summed E-state index contributed by atoms with van der Waals surface area (Å²) in [7, 11) is 0. The second-order valence-electron chi connectivity index (χ2n) is 8.24. The van der Waals surface area contributed by atoms with Gasteiger partial charge in [0.2, 0.25) is 11.2 Å². The largest absolute Gasteiger partial charge is 0.507 e. The van der Waals surface area contributed by atoms with Gasteiger partial charge in [0, 0.05) is 10.6 Å². The molecule has 3 aromatic rings. The van der Waals surface area contributed by atoms with Crippen LogP contribution in [0, 0.1) is 0 Å². The van der Waals surface area contributed by atoms with E-state index in [2.05, 4.69) is 6.92 Å². The minimum absolute atomic E-state index is 0.00909. The summed E-state index contributed by atoms with van der Waals surface area (Å²) in [5, 5.41) is 10.5. The monoisotopic (exact) mass is 466 g/mol. The Balaban J connectivity index is 1.97. The van der Waals surface area contributed by atoms with Crippen LogP contribution < -0.4 is 10.3 Å². The molecular weight excluding hydrogens is 443 g/mol. The summed E-state index contributed by atoms with van der Waals surface area (Å²) in [4.78, 5) is 14.5. The molecule has 0 aliphatic carbocycles. The molecular formula is C24H24ClF3NO3+. The fourth-order valence-corrected chi connectivity index (χ4v) is 4.92. The van der Waals surface area contributed by atoms with Crippen LogP contribution in [0.2, 0.25) is 5.02 Å². The molecule has 170 valence electrons. The zero-order valence-corrected chi connectivity index (χ0v) is 18.3. The van der Waals surface area contributed by atoms with Crippen LogP contribution in [-0.4, -0.2) is 17.7 Å².